The lowest BCUT2D eigenvalue weighted by Gasteiger charge is -2.04. The van der Waals surface area contributed by atoms with E-state index in [1.165, 1.54) is 23.8 Å². The molecule has 0 spiro atoms. The largest absolute Gasteiger partial charge is 0.465 e. The molecule has 0 atom stereocenters. The highest BCUT2D eigenvalue weighted by molar-refractivity contribution is 6.33. The van der Waals surface area contributed by atoms with Crippen molar-refractivity contribution >= 4 is 23.2 Å². The van der Waals surface area contributed by atoms with Crippen LogP contribution < -0.4 is 4.74 Å². The van der Waals surface area contributed by atoms with E-state index in [0.717, 1.165) is 0 Å². The fraction of sp³-hybridized carbons (Fsp3) is 0.300. The molecule has 0 N–H and O–H groups in total. The lowest BCUT2D eigenvalue weighted by molar-refractivity contribution is 0.0600. The van der Waals surface area contributed by atoms with Gasteiger partial charge in [-0.25, -0.2) is 4.79 Å². The van der Waals surface area contributed by atoms with Crippen molar-refractivity contribution in [3.05, 3.63) is 22.8 Å². The third-order valence-corrected chi connectivity index (χ3v) is 2.40. The van der Waals surface area contributed by atoms with E-state index in [9.17, 15) is 4.79 Å². The van der Waals surface area contributed by atoms with Crippen molar-refractivity contribution in [1.82, 2.24) is 14.6 Å². The average Bonchev–Trinajstić information content (AvgIpc) is 2.72. The predicted molar refractivity (Wildman–Crippen MR) is 60.5 cm³/mol. The molecule has 0 saturated heterocycles. The number of carbonyl (C=O) groups excluding carboxylic acids is 1. The zero-order valence-corrected chi connectivity index (χ0v) is 10.1. The van der Waals surface area contributed by atoms with Gasteiger partial charge < -0.3 is 9.47 Å². The Hall–Kier alpha value is -1.82. The van der Waals surface area contributed by atoms with E-state index in [-0.39, 0.29) is 6.01 Å². The average molecular weight is 256 g/mol. The Morgan fingerprint density at radius 1 is 1.53 bits per heavy atom. The van der Waals surface area contributed by atoms with Gasteiger partial charge in [0.05, 0.1) is 24.3 Å². The number of nitrogens with zero attached hydrogens (tertiary/aromatic N) is 3. The molecule has 0 radical (unpaired) electrons. The molecular formula is C10H10ClN3O3. The Morgan fingerprint density at radius 2 is 2.29 bits per heavy atom. The van der Waals surface area contributed by atoms with Crippen LogP contribution in [0.4, 0.5) is 0 Å². The van der Waals surface area contributed by atoms with E-state index < -0.39 is 5.97 Å². The summed E-state index contributed by atoms with van der Waals surface area (Å²) in [5.74, 6) is -0.482. The maximum atomic E-state index is 11.4. The lowest BCUT2D eigenvalue weighted by Crippen LogP contribution is -2.04. The van der Waals surface area contributed by atoms with Gasteiger partial charge in [-0.3, -0.25) is 4.40 Å². The van der Waals surface area contributed by atoms with Gasteiger partial charge in [-0.2, -0.15) is 0 Å². The van der Waals surface area contributed by atoms with Crippen LogP contribution in [0.5, 0.6) is 6.01 Å². The molecule has 90 valence electrons. The Bertz CT molecular complexity index is 567. The van der Waals surface area contributed by atoms with E-state index in [4.69, 9.17) is 16.3 Å². The van der Waals surface area contributed by atoms with Gasteiger partial charge in [0.2, 0.25) is 0 Å². The number of hydrogen-bond acceptors (Lipinski definition) is 5. The SMILES string of the molecule is CCOc1nnc2c(Cl)cc(C(=O)OC)cn12. The zero-order chi connectivity index (χ0) is 12.4. The monoisotopic (exact) mass is 255 g/mol. The molecule has 17 heavy (non-hydrogen) atoms. The Kier molecular flexibility index (Phi) is 3.14. The number of pyridine rings is 1. The number of hydrogen-bond donors (Lipinski definition) is 0. The van der Waals surface area contributed by atoms with Crippen molar-refractivity contribution < 1.29 is 14.3 Å². The van der Waals surface area contributed by atoms with E-state index in [1.54, 1.807) is 0 Å². The number of aromatic nitrogens is 3. The Labute approximate surface area is 102 Å². The second kappa shape index (κ2) is 4.58. The molecule has 0 bridgehead atoms. The quantitative estimate of drug-likeness (QED) is 0.779. The van der Waals surface area contributed by atoms with Crippen LogP contribution in [0.25, 0.3) is 5.65 Å². The van der Waals surface area contributed by atoms with Crippen molar-refractivity contribution in [2.75, 3.05) is 13.7 Å². The second-order valence-corrected chi connectivity index (χ2v) is 3.58. The molecule has 0 unspecified atom stereocenters. The minimum absolute atomic E-state index is 0.287. The number of esters is 1. The van der Waals surface area contributed by atoms with Gasteiger partial charge in [0.25, 0.3) is 0 Å². The molecule has 0 amide bonds. The normalized spacial score (nSPS) is 10.5. The van der Waals surface area contributed by atoms with E-state index >= 15 is 0 Å². The summed E-state index contributed by atoms with van der Waals surface area (Å²) in [7, 11) is 1.30. The summed E-state index contributed by atoms with van der Waals surface area (Å²) < 4.78 is 11.4. The summed E-state index contributed by atoms with van der Waals surface area (Å²) in [5.41, 5.74) is 0.744. The first-order valence-electron chi connectivity index (χ1n) is 4.92. The number of methoxy groups -OCH3 is 1. The second-order valence-electron chi connectivity index (χ2n) is 3.18. The molecule has 0 aliphatic rings. The van der Waals surface area contributed by atoms with Crippen LogP contribution >= 0.6 is 11.6 Å². The number of carbonyl (C=O) groups is 1. The molecule has 6 nitrogen and oxygen atoms in total. The highest BCUT2D eigenvalue weighted by Gasteiger charge is 2.14. The van der Waals surface area contributed by atoms with Gasteiger partial charge in [-0.05, 0) is 13.0 Å². The maximum Gasteiger partial charge on any atom is 0.339 e. The first-order valence-corrected chi connectivity index (χ1v) is 5.30. The van der Waals surface area contributed by atoms with Gasteiger partial charge in [-0.15, -0.1) is 5.10 Å². The molecule has 0 fully saturated rings. The van der Waals surface area contributed by atoms with Gasteiger partial charge >= 0.3 is 12.0 Å². The maximum absolute atomic E-state index is 11.4. The number of ether oxygens (including phenoxy) is 2. The van der Waals surface area contributed by atoms with Crippen LogP contribution in [-0.4, -0.2) is 34.3 Å². The summed E-state index contributed by atoms with van der Waals surface area (Å²) in [5, 5.41) is 8.00. The third kappa shape index (κ3) is 2.03. The number of fused-ring (bicyclic) bond motifs is 1. The molecule has 7 heteroatoms. The summed E-state index contributed by atoms with van der Waals surface area (Å²) in [6, 6.07) is 1.77. The smallest absolute Gasteiger partial charge is 0.339 e. The van der Waals surface area contributed by atoms with Crippen LogP contribution in [-0.2, 0) is 4.74 Å². The molecule has 0 aliphatic heterocycles. The summed E-state index contributed by atoms with van der Waals surface area (Å²) in [4.78, 5) is 11.4. The van der Waals surface area contributed by atoms with E-state index in [0.29, 0.717) is 22.8 Å². The zero-order valence-electron chi connectivity index (χ0n) is 9.31. The van der Waals surface area contributed by atoms with Crippen molar-refractivity contribution in [2.45, 2.75) is 6.92 Å². The molecule has 2 rings (SSSR count). The van der Waals surface area contributed by atoms with Crippen LogP contribution in [0, 0.1) is 0 Å². The molecular weight excluding hydrogens is 246 g/mol. The predicted octanol–water partition coefficient (Wildman–Crippen LogP) is 1.57. The highest BCUT2D eigenvalue weighted by atomic mass is 35.5. The molecule has 2 heterocycles. The Morgan fingerprint density at radius 3 is 2.94 bits per heavy atom. The fourth-order valence-corrected chi connectivity index (χ4v) is 1.64. The summed E-state index contributed by atoms with van der Waals surface area (Å²) in [6.07, 6.45) is 1.53. The van der Waals surface area contributed by atoms with Crippen LogP contribution in [0.2, 0.25) is 5.02 Å². The number of rotatable bonds is 3. The van der Waals surface area contributed by atoms with Crippen molar-refractivity contribution in [2.24, 2.45) is 0 Å². The summed E-state index contributed by atoms with van der Waals surface area (Å²) in [6.45, 7) is 2.27. The van der Waals surface area contributed by atoms with Crippen molar-refractivity contribution in [3.63, 3.8) is 0 Å². The standard InChI is InChI=1S/C10H10ClN3O3/c1-3-17-10-13-12-8-7(11)4-6(5-14(8)10)9(15)16-2/h4-5H,3H2,1-2H3. The van der Waals surface area contributed by atoms with Gasteiger partial charge in [-0.1, -0.05) is 16.7 Å². The highest BCUT2D eigenvalue weighted by Crippen LogP contribution is 2.21. The molecule has 2 aromatic heterocycles. The third-order valence-electron chi connectivity index (χ3n) is 2.12. The minimum Gasteiger partial charge on any atom is -0.465 e. The molecule has 0 saturated carbocycles. The van der Waals surface area contributed by atoms with Crippen LogP contribution in [0.15, 0.2) is 12.3 Å². The van der Waals surface area contributed by atoms with Crippen molar-refractivity contribution in [1.29, 1.82) is 0 Å². The van der Waals surface area contributed by atoms with E-state index in [2.05, 4.69) is 14.9 Å². The molecule has 2 aromatic rings. The van der Waals surface area contributed by atoms with Gasteiger partial charge in [0, 0.05) is 6.20 Å². The number of halogens is 1. The topological polar surface area (TPSA) is 65.7 Å². The van der Waals surface area contributed by atoms with Crippen LogP contribution in [0.1, 0.15) is 17.3 Å². The lowest BCUT2D eigenvalue weighted by atomic mass is 10.3. The Balaban J connectivity index is 2.60. The first kappa shape index (κ1) is 11.7. The van der Waals surface area contributed by atoms with Crippen molar-refractivity contribution in [3.8, 4) is 6.01 Å². The summed E-state index contributed by atoms with van der Waals surface area (Å²) >= 11 is 5.99. The first-order chi connectivity index (χ1) is 8.17. The minimum atomic E-state index is -0.482. The van der Waals surface area contributed by atoms with E-state index in [1.807, 2.05) is 6.92 Å². The molecule has 0 aliphatic carbocycles. The molecule has 0 aromatic carbocycles. The van der Waals surface area contributed by atoms with Gasteiger partial charge in [0.1, 0.15) is 0 Å². The van der Waals surface area contributed by atoms with Crippen LogP contribution in [0.3, 0.4) is 0 Å². The van der Waals surface area contributed by atoms with Gasteiger partial charge in [0.15, 0.2) is 5.65 Å². The fourth-order valence-electron chi connectivity index (χ4n) is 1.39.